The lowest BCUT2D eigenvalue weighted by atomic mass is 10.1. The van der Waals surface area contributed by atoms with E-state index < -0.39 is 17.7 Å². The number of furan rings is 1. The van der Waals surface area contributed by atoms with Crippen LogP contribution >= 0.6 is 0 Å². The molecule has 1 rings (SSSR count). The van der Waals surface area contributed by atoms with E-state index in [-0.39, 0.29) is 18.6 Å². The molecular weight excluding hydrogens is 236 g/mol. The Morgan fingerprint density at radius 3 is 2.61 bits per heavy atom. The fraction of sp³-hybridized carbons (Fsp3) is 0.538. The van der Waals surface area contributed by atoms with Crippen LogP contribution in [0.5, 0.6) is 0 Å². The van der Waals surface area contributed by atoms with Gasteiger partial charge in [-0.3, -0.25) is 9.59 Å². The number of esters is 1. The van der Waals surface area contributed by atoms with Gasteiger partial charge in [0.1, 0.15) is 29.7 Å². The first-order valence-corrected chi connectivity index (χ1v) is 5.73. The number of aliphatic hydroxyl groups is 1. The molecule has 0 saturated heterocycles. The quantitative estimate of drug-likeness (QED) is 0.642. The van der Waals surface area contributed by atoms with E-state index in [9.17, 15) is 14.7 Å². The van der Waals surface area contributed by atoms with Crippen LogP contribution in [0.3, 0.4) is 0 Å². The molecule has 1 aromatic rings. The van der Waals surface area contributed by atoms with E-state index >= 15 is 0 Å². The number of carbonyl (C=O) groups excluding carboxylic acids is 2. The van der Waals surface area contributed by atoms with E-state index in [1.807, 2.05) is 0 Å². The average Bonchev–Trinajstić information content (AvgIpc) is 2.65. The van der Waals surface area contributed by atoms with Gasteiger partial charge in [0.2, 0.25) is 0 Å². The Morgan fingerprint density at radius 2 is 2.11 bits per heavy atom. The zero-order valence-corrected chi connectivity index (χ0v) is 10.8. The molecule has 18 heavy (non-hydrogen) atoms. The molecule has 0 aliphatic rings. The normalized spacial score (nSPS) is 13.1. The second kappa shape index (κ2) is 5.82. The number of rotatable bonds is 5. The van der Waals surface area contributed by atoms with Crippen LogP contribution in [0.15, 0.2) is 22.8 Å². The Labute approximate surface area is 106 Å². The third-order valence-electron chi connectivity index (χ3n) is 2.05. The Kier molecular flexibility index (Phi) is 4.67. The molecule has 0 aromatic carbocycles. The Balaban J connectivity index is 2.40. The Morgan fingerprint density at radius 1 is 1.44 bits per heavy atom. The molecule has 100 valence electrons. The van der Waals surface area contributed by atoms with Crippen LogP contribution in [0.1, 0.15) is 45.5 Å². The van der Waals surface area contributed by atoms with Gasteiger partial charge in [0, 0.05) is 6.42 Å². The molecule has 0 amide bonds. The molecule has 0 aliphatic heterocycles. The lowest BCUT2D eigenvalue weighted by Crippen LogP contribution is -2.25. The van der Waals surface area contributed by atoms with E-state index in [1.165, 1.54) is 6.26 Å². The smallest absolute Gasteiger partial charge is 0.313 e. The number of aliphatic hydroxyl groups excluding tert-OH is 1. The van der Waals surface area contributed by atoms with Crippen molar-refractivity contribution in [2.45, 2.75) is 45.3 Å². The van der Waals surface area contributed by atoms with Crippen LogP contribution < -0.4 is 0 Å². The molecular formula is C13H18O5. The van der Waals surface area contributed by atoms with Crippen molar-refractivity contribution in [2.24, 2.45) is 0 Å². The minimum absolute atomic E-state index is 0.160. The van der Waals surface area contributed by atoms with Gasteiger partial charge in [0.25, 0.3) is 0 Å². The van der Waals surface area contributed by atoms with Crippen molar-refractivity contribution in [3.05, 3.63) is 24.2 Å². The number of Topliss-reactive ketones (excluding diaryl/α,β-unsaturated/α-hetero) is 1. The summed E-state index contributed by atoms with van der Waals surface area (Å²) in [5.41, 5.74) is -0.614. The van der Waals surface area contributed by atoms with Gasteiger partial charge in [0.05, 0.1) is 6.26 Å². The van der Waals surface area contributed by atoms with Crippen molar-refractivity contribution in [3.8, 4) is 0 Å². The minimum Gasteiger partial charge on any atom is -0.467 e. The first kappa shape index (κ1) is 14.4. The van der Waals surface area contributed by atoms with Gasteiger partial charge in [-0.15, -0.1) is 0 Å². The summed E-state index contributed by atoms with van der Waals surface area (Å²) in [6, 6.07) is 3.20. The second-order valence-corrected chi connectivity index (χ2v) is 5.04. The monoisotopic (exact) mass is 254 g/mol. The van der Waals surface area contributed by atoms with Crippen molar-refractivity contribution >= 4 is 11.8 Å². The van der Waals surface area contributed by atoms with Crippen LogP contribution in [0.2, 0.25) is 0 Å². The summed E-state index contributed by atoms with van der Waals surface area (Å²) in [5, 5.41) is 9.66. The van der Waals surface area contributed by atoms with Crippen LogP contribution in [0.4, 0.5) is 0 Å². The van der Waals surface area contributed by atoms with Crippen molar-refractivity contribution in [1.29, 1.82) is 0 Å². The first-order chi connectivity index (χ1) is 8.28. The lowest BCUT2D eigenvalue weighted by molar-refractivity contribution is -0.156. The van der Waals surface area contributed by atoms with E-state index in [2.05, 4.69) is 0 Å². The third kappa shape index (κ3) is 5.14. The first-order valence-electron chi connectivity index (χ1n) is 5.73. The summed E-state index contributed by atoms with van der Waals surface area (Å²) < 4.78 is 9.98. The van der Waals surface area contributed by atoms with Crippen molar-refractivity contribution in [3.63, 3.8) is 0 Å². The van der Waals surface area contributed by atoms with Gasteiger partial charge in [-0.05, 0) is 32.9 Å². The molecule has 0 spiro atoms. The van der Waals surface area contributed by atoms with Gasteiger partial charge in [-0.1, -0.05) is 0 Å². The molecule has 1 aromatic heterocycles. The highest BCUT2D eigenvalue weighted by molar-refractivity contribution is 5.95. The average molecular weight is 254 g/mol. The summed E-state index contributed by atoms with van der Waals surface area (Å²) in [7, 11) is 0. The summed E-state index contributed by atoms with van der Waals surface area (Å²) >= 11 is 0. The highest BCUT2D eigenvalue weighted by Crippen LogP contribution is 2.18. The fourth-order valence-corrected chi connectivity index (χ4v) is 1.41. The van der Waals surface area contributed by atoms with Crippen molar-refractivity contribution < 1.29 is 23.8 Å². The maximum atomic E-state index is 11.5. The molecule has 0 saturated carbocycles. The number of hydrogen-bond donors (Lipinski definition) is 1. The highest BCUT2D eigenvalue weighted by atomic mass is 16.6. The van der Waals surface area contributed by atoms with Crippen molar-refractivity contribution in [2.75, 3.05) is 0 Å². The van der Waals surface area contributed by atoms with E-state index in [4.69, 9.17) is 9.15 Å². The van der Waals surface area contributed by atoms with E-state index in [0.717, 1.165) is 0 Å². The molecule has 0 bridgehead atoms. The summed E-state index contributed by atoms with van der Waals surface area (Å²) in [6.07, 6.45) is -0.103. The number of ether oxygens (including phenoxy) is 1. The molecule has 0 aliphatic carbocycles. The predicted octanol–water partition coefficient (Wildman–Crippen LogP) is 2.00. The molecule has 1 heterocycles. The van der Waals surface area contributed by atoms with Crippen LogP contribution in [0.25, 0.3) is 0 Å². The van der Waals surface area contributed by atoms with E-state index in [1.54, 1.807) is 32.9 Å². The molecule has 0 fully saturated rings. The standard InChI is InChI=1S/C13H18O5/c1-13(2,3)18-12(16)8-9(14)7-10(15)11-5-4-6-17-11/h4-6,10,15H,7-8H2,1-3H3. The highest BCUT2D eigenvalue weighted by Gasteiger charge is 2.21. The Bertz CT molecular complexity index is 400. The van der Waals surface area contributed by atoms with Crippen LogP contribution in [0, 0.1) is 0 Å². The number of hydrogen-bond acceptors (Lipinski definition) is 5. The van der Waals surface area contributed by atoms with Crippen LogP contribution in [-0.2, 0) is 14.3 Å². The van der Waals surface area contributed by atoms with Gasteiger partial charge < -0.3 is 14.3 Å². The molecule has 0 radical (unpaired) electrons. The topological polar surface area (TPSA) is 76.7 Å². The van der Waals surface area contributed by atoms with E-state index in [0.29, 0.717) is 5.76 Å². The zero-order chi connectivity index (χ0) is 13.8. The fourth-order valence-electron chi connectivity index (χ4n) is 1.41. The second-order valence-electron chi connectivity index (χ2n) is 5.04. The zero-order valence-electron chi connectivity index (χ0n) is 10.8. The molecule has 5 nitrogen and oxygen atoms in total. The summed E-state index contributed by atoms with van der Waals surface area (Å²) in [4.78, 5) is 22.9. The molecule has 1 unspecified atom stereocenters. The van der Waals surface area contributed by atoms with Gasteiger partial charge in [-0.2, -0.15) is 0 Å². The van der Waals surface area contributed by atoms with Gasteiger partial charge in [0.15, 0.2) is 0 Å². The van der Waals surface area contributed by atoms with Gasteiger partial charge >= 0.3 is 5.97 Å². The summed E-state index contributed by atoms with van der Waals surface area (Å²) in [5.74, 6) is -0.653. The maximum absolute atomic E-state index is 11.5. The third-order valence-corrected chi connectivity index (χ3v) is 2.05. The minimum atomic E-state index is -1.02. The van der Waals surface area contributed by atoms with Crippen LogP contribution in [-0.4, -0.2) is 22.5 Å². The SMILES string of the molecule is CC(C)(C)OC(=O)CC(=O)CC(O)c1ccco1. The van der Waals surface area contributed by atoms with Crippen molar-refractivity contribution in [1.82, 2.24) is 0 Å². The number of ketones is 1. The summed E-state index contributed by atoms with van der Waals surface area (Å²) in [6.45, 7) is 5.19. The lowest BCUT2D eigenvalue weighted by Gasteiger charge is -2.19. The maximum Gasteiger partial charge on any atom is 0.313 e. The Hall–Kier alpha value is -1.62. The predicted molar refractivity (Wildman–Crippen MR) is 63.8 cm³/mol. The molecule has 1 N–H and O–H groups in total. The molecule has 5 heteroatoms. The largest absolute Gasteiger partial charge is 0.467 e. The molecule has 1 atom stereocenters. The van der Waals surface area contributed by atoms with Gasteiger partial charge in [-0.25, -0.2) is 0 Å². The number of carbonyl (C=O) groups is 2.